The van der Waals surface area contributed by atoms with Gasteiger partial charge >= 0.3 is 6.18 Å². The summed E-state index contributed by atoms with van der Waals surface area (Å²) in [6.45, 7) is 2.70. The van der Waals surface area contributed by atoms with Crippen molar-refractivity contribution in [1.82, 2.24) is 14.5 Å². The fourth-order valence-electron chi connectivity index (χ4n) is 1.45. The van der Waals surface area contributed by atoms with E-state index in [2.05, 4.69) is 10.2 Å². The van der Waals surface area contributed by atoms with E-state index in [0.717, 1.165) is 6.20 Å². The number of alkyl halides is 3. The average molecular weight is 285 g/mol. The van der Waals surface area contributed by atoms with Gasteiger partial charge in [0.15, 0.2) is 0 Å². The molecular formula is C9H14F3N3O2S. The van der Waals surface area contributed by atoms with E-state index in [9.17, 15) is 21.6 Å². The van der Waals surface area contributed by atoms with Crippen LogP contribution >= 0.6 is 0 Å². The number of aryl methyl sites for hydroxylation is 1. The van der Waals surface area contributed by atoms with Crippen molar-refractivity contribution in [1.29, 1.82) is 0 Å². The molecule has 0 aromatic carbocycles. The molecule has 1 N–H and O–H groups in total. The Hall–Kier alpha value is -1.09. The Morgan fingerprint density at radius 2 is 2.00 bits per heavy atom. The smallest absolute Gasteiger partial charge is 0.281 e. The highest BCUT2D eigenvalue weighted by atomic mass is 32.2. The van der Waals surface area contributed by atoms with Gasteiger partial charge in [-0.05, 0) is 20.8 Å². The van der Waals surface area contributed by atoms with E-state index in [0.29, 0.717) is 4.31 Å². The molecule has 0 aliphatic carbocycles. The summed E-state index contributed by atoms with van der Waals surface area (Å²) in [7, 11) is -4.20. The van der Waals surface area contributed by atoms with Crippen molar-refractivity contribution >= 4 is 10.0 Å². The molecule has 0 fully saturated rings. The van der Waals surface area contributed by atoms with Gasteiger partial charge in [0, 0.05) is 6.04 Å². The summed E-state index contributed by atoms with van der Waals surface area (Å²) < 4.78 is 61.8. The highest BCUT2D eigenvalue weighted by molar-refractivity contribution is 7.89. The third-order valence-corrected chi connectivity index (χ3v) is 4.42. The predicted molar refractivity (Wildman–Crippen MR) is 58.4 cm³/mol. The normalized spacial score (nSPS) is 13.6. The highest BCUT2D eigenvalue weighted by Gasteiger charge is 2.39. The summed E-state index contributed by atoms with van der Waals surface area (Å²) in [6, 6.07) is -0.800. The monoisotopic (exact) mass is 285 g/mol. The van der Waals surface area contributed by atoms with Crippen LogP contribution in [0.1, 0.15) is 19.5 Å². The zero-order chi connectivity index (χ0) is 14.1. The number of hydrogen-bond acceptors (Lipinski definition) is 3. The molecule has 0 spiro atoms. The van der Waals surface area contributed by atoms with Gasteiger partial charge in [-0.2, -0.15) is 22.6 Å². The second kappa shape index (κ2) is 4.88. The minimum atomic E-state index is -4.59. The van der Waals surface area contributed by atoms with Crippen molar-refractivity contribution < 1.29 is 21.6 Å². The maximum absolute atomic E-state index is 12.4. The summed E-state index contributed by atoms with van der Waals surface area (Å²) in [4.78, 5) is -0.236. The Labute approximate surface area is 103 Å². The summed E-state index contributed by atoms with van der Waals surface area (Å²) in [5.41, 5.74) is 0.211. The Morgan fingerprint density at radius 1 is 1.44 bits per heavy atom. The van der Waals surface area contributed by atoms with Crippen LogP contribution in [0.15, 0.2) is 11.1 Å². The van der Waals surface area contributed by atoms with Crippen LogP contribution in [0, 0.1) is 6.92 Å². The van der Waals surface area contributed by atoms with Crippen LogP contribution in [0.5, 0.6) is 0 Å². The van der Waals surface area contributed by atoms with E-state index in [1.165, 1.54) is 20.8 Å². The number of halogens is 3. The molecule has 1 heterocycles. The first kappa shape index (κ1) is 15.0. The van der Waals surface area contributed by atoms with Crippen LogP contribution < -0.4 is 0 Å². The third-order valence-electron chi connectivity index (χ3n) is 2.28. The lowest BCUT2D eigenvalue weighted by molar-refractivity contribution is -0.138. The van der Waals surface area contributed by atoms with Crippen LogP contribution in [0.4, 0.5) is 13.2 Å². The van der Waals surface area contributed by atoms with Gasteiger partial charge in [-0.25, -0.2) is 8.42 Å². The largest absolute Gasteiger partial charge is 0.402 e. The number of nitrogens with one attached hydrogen (secondary N) is 1. The number of H-pyrrole nitrogens is 1. The average Bonchev–Trinajstić information content (AvgIpc) is 2.59. The second-order valence-electron chi connectivity index (χ2n) is 4.12. The number of hydrogen-bond donors (Lipinski definition) is 1. The van der Waals surface area contributed by atoms with Gasteiger partial charge in [0.1, 0.15) is 11.4 Å². The Bertz CT molecular complexity index is 507. The molecule has 0 aliphatic heterocycles. The van der Waals surface area contributed by atoms with Gasteiger partial charge in [-0.1, -0.05) is 0 Å². The molecule has 0 radical (unpaired) electrons. The summed E-state index contributed by atoms with van der Waals surface area (Å²) in [5.74, 6) is 0. The molecule has 5 nitrogen and oxygen atoms in total. The Kier molecular flexibility index (Phi) is 4.06. The molecule has 0 bridgehead atoms. The first-order valence-electron chi connectivity index (χ1n) is 5.14. The van der Waals surface area contributed by atoms with Gasteiger partial charge in [-0.15, -0.1) is 0 Å². The SMILES string of the molecule is Cc1[nH]ncc1S(=O)(=O)N(CC(F)(F)F)C(C)C. The zero-order valence-corrected chi connectivity index (χ0v) is 10.9. The molecule has 18 heavy (non-hydrogen) atoms. The van der Waals surface area contributed by atoms with E-state index >= 15 is 0 Å². The van der Waals surface area contributed by atoms with E-state index in [4.69, 9.17) is 0 Å². The Morgan fingerprint density at radius 3 is 2.33 bits per heavy atom. The fourth-order valence-corrected chi connectivity index (χ4v) is 3.19. The van der Waals surface area contributed by atoms with Crippen LogP contribution in [-0.4, -0.2) is 41.7 Å². The van der Waals surface area contributed by atoms with Crippen molar-refractivity contribution in [2.24, 2.45) is 0 Å². The number of aromatic amines is 1. The lowest BCUT2D eigenvalue weighted by atomic mass is 10.4. The fraction of sp³-hybridized carbons (Fsp3) is 0.667. The van der Waals surface area contributed by atoms with Crippen LogP contribution in [0.3, 0.4) is 0 Å². The minimum Gasteiger partial charge on any atom is -0.281 e. The first-order chi connectivity index (χ1) is 8.05. The van der Waals surface area contributed by atoms with Crippen LogP contribution in [-0.2, 0) is 10.0 Å². The van der Waals surface area contributed by atoms with Gasteiger partial charge in [0.2, 0.25) is 10.0 Å². The number of rotatable bonds is 4. The lowest BCUT2D eigenvalue weighted by Crippen LogP contribution is -2.43. The number of nitrogens with zero attached hydrogens (tertiary/aromatic N) is 2. The van der Waals surface area contributed by atoms with Crippen molar-refractivity contribution in [3.8, 4) is 0 Å². The maximum atomic E-state index is 12.4. The molecule has 0 aliphatic rings. The van der Waals surface area contributed by atoms with Gasteiger partial charge in [-0.3, -0.25) is 5.10 Å². The third kappa shape index (κ3) is 3.22. The van der Waals surface area contributed by atoms with Crippen molar-refractivity contribution in [2.45, 2.75) is 37.9 Å². The van der Waals surface area contributed by atoms with E-state index < -0.39 is 28.8 Å². The molecule has 1 aromatic rings. The Balaban J connectivity index is 3.18. The number of aromatic nitrogens is 2. The topological polar surface area (TPSA) is 66.1 Å². The summed E-state index contributed by atoms with van der Waals surface area (Å²) in [5, 5.41) is 5.91. The van der Waals surface area contributed by atoms with Crippen LogP contribution in [0.25, 0.3) is 0 Å². The molecule has 9 heteroatoms. The van der Waals surface area contributed by atoms with Gasteiger partial charge in [0.05, 0.1) is 11.9 Å². The van der Waals surface area contributed by atoms with Gasteiger partial charge in [0.25, 0.3) is 0 Å². The summed E-state index contributed by atoms with van der Waals surface area (Å²) >= 11 is 0. The molecule has 1 aromatic heterocycles. The predicted octanol–water partition coefficient (Wildman–Crippen LogP) is 1.68. The molecule has 0 unspecified atom stereocenters. The number of sulfonamides is 1. The van der Waals surface area contributed by atoms with Crippen LogP contribution in [0.2, 0.25) is 0 Å². The van der Waals surface area contributed by atoms with Crippen molar-refractivity contribution in [3.05, 3.63) is 11.9 Å². The summed E-state index contributed by atoms with van der Waals surface area (Å²) in [6.07, 6.45) is -3.58. The molecule has 1 rings (SSSR count). The second-order valence-corrected chi connectivity index (χ2v) is 5.98. The van der Waals surface area contributed by atoms with Crippen molar-refractivity contribution in [2.75, 3.05) is 6.54 Å². The first-order valence-corrected chi connectivity index (χ1v) is 6.58. The lowest BCUT2D eigenvalue weighted by Gasteiger charge is -2.26. The van der Waals surface area contributed by atoms with E-state index in [-0.39, 0.29) is 10.6 Å². The molecule has 0 amide bonds. The molecule has 0 atom stereocenters. The molecule has 0 saturated carbocycles. The van der Waals surface area contributed by atoms with E-state index in [1.807, 2.05) is 0 Å². The quantitative estimate of drug-likeness (QED) is 0.915. The minimum absolute atomic E-state index is 0.211. The molecule has 104 valence electrons. The zero-order valence-electron chi connectivity index (χ0n) is 10.1. The molecular weight excluding hydrogens is 271 g/mol. The highest BCUT2D eigenvalue weighted by Crippen LogP contribution is 2.25. The van der Waals surface area contributed by atoms with Gasteiger partial charge < -0.3 is 0 Å². The van der Waals surface area contributed by atoms with E-state index in [1.54, 1.807) is 0 Å². The molecule has 0 saturated heterocycles. The van der Waals surface area contributed by atoms with Crippen molar-refractivity contribution in [3.63, 3.8) is 0 Å². The standard InChI is InChI=1S/C9H14F3N3O2S/c1-6(2)15(5-9(10,11)12)18(16,17)8-4-13-14-7(8)3/h4,6H,5H2,1-3H3,(H,13,14). The maximum Gasteiger partial charge on any atom is 0.402 e.